The number of alkyl carbamates (subject to hydrolysis) is 1. The van der Waals surface area contributed by atoms with Crippen molar-refractivity contribution in [3.8, 4) is 17.2 Å². The maximum absolute atomic E-state index is 13.2. The first kappa shape index (κ1) is 29.9. The molecule has 0 saturated heterocycles. The van der Waals surface area contributed by atoms with Crippen molar-refractivity contribution >= 4 is 29.0 Å². The molecule has 1 N–H and O–H groups in total. The van der Waals surface area contributed by atoms with Crippen molar-refractivity contribution < 1.29 is 37.7 Å². The molecule has 4 rings (SSSR count). The highest BCUT2D eigenvalue weighted by Gasteiger charge is 2.27. The van der Waals surface area contributed by atoms with E-state index < -0.39 is 35.1 Å². The smallest absolute Gasteiger partial charge is 0.408 e. The highest BCUT2D eigenvalue weighted by molar-refractivity contribution is 5.89. The van der Waals surface area contributed by atoms with Gasteiger partial charge in [-0.15, -0.1) is 0 Å². The van der Waals surface area contributed by atoms with Crippen LogP contribution in [0.25, 0.3) is 11.0 Å². The molecule has 0 bridgehead atoms. The summed E-state index contributed by atoms with van der Waals surface area (Å²) < 4.78 is 27.2. The number of esters is 2. The van der Waals surface area contributed by atoms with Crippen LogP contribution in [0.2, 0.25) is 0 Å². The average molecular weight is 574 g/mol. The summed E-state index contributed by atoms with van der Waals surface area (Å²) in [4.78, 5) is 50.6. The van der Waals surface area contributed by atoms with E-state index in [1.807, 2.05) is 30.3 Å². The molecule has 4 aromatic rings. The lowest BCUT2D eigenvalue weighted by molar-refractivity contribution is -0.136. The van der Waals surface area contributed by atoms with Crippen LogP contribution in [0.15, 0.2) is 82.0 Å². The van der Waals surface area contributed by atoms with Crippen molar-refractivity contribution in [2.75, 3.05) is 7.11 Å². The van der Waals surface area contributed by atoms with Gasteiger partial charge in [-0.3, -0.25) is 4.79 Å². The van der Waals surface area contributed by atoms with E-state index in [0.717, 1.165) is 5.56 Å². The number of amides is 1. The van der Waals surface area contributed by atoms with Crippen LogP contribution >= 0.6 is 0 Å². The molecule has 3 aromatic carbocycles. The molecular formula is C32H31NO9. The van der Waals surface area contributed by atoms with Crippen LogP contribution < -0.4 is 20.2 Å². The van der Waals surface area contributed by atoms with Crippen LogP contribution in [0.4, 0.5) is 4.79 Å². The lowest BCUT2D eigenvalue weighted by Gasteiger charge is -2.23. The quantitative estimate of drug-likeness (QED) is 0.208. The van der Waals surface area contributed by atoms with Gasteiger partial charge in [0.05, 0.1) is 18.1 Å². The Balaban J connectivity index is 1.55. The summed E-state index contributed by atoms with van der Waals surface area (Å²) in [6.45, 7) is 6.73. The first-order valence-corrected chi connectivity index (χ1v) is 13.1. The molecule has 0 spiro atoms. The molecule has 0 radical (unpaired) electrons. The third-order valence-electron chi connectivity index (χ3n) is 5.96. The lowest BCUT2D eigenvalue weighted by Crippen LogP contribution is -2.46. The van der Waals surface area contributed by atoms with Gasteiger partial charge in [-0.2, -0.15) is 0 Å². The molecular weight excluding hydrogens is 542 g/mol. The number of aryl methyl sites for hydroxylation is 1. The summed E-state index contributed by atoms with van der Waals surface area (Å²) in [5, 5.41) is 2.79. The molecule has 1 amide bonds. The second kappa shape index (κ2) is 12.6. The minimum Gasteiger partial charge on any atom is -0.465 e. The Kier molecular flexibility index (Phi) is 8.95. The van der Waals surface area contributed by atoms with E-state index >= 15 is 0 Å². The highest BCUT2D eigenvalue weighted by Crippen LogP contribution is 2.28. The monoisotopic (exact) mass is 573 g/mol. The first-order valence-electron chi connectivity index (χ1n) is 13.1. The highest BCUT2D eigenvalue weighted by atomic mass is 16.6. The zero-order valence-corrected chi connectivity index (χ0v) is 23.9. The minimum atomic E-state index is -1.05. The maximum Gasteiger partial charge on any atom is 0.408 e. The Morgan fingerprint density at radius 1 is 0.929 bits per heavy atom. The van der Waals surface area contributed by atoms with Gasteiger partial charge in [-0.05, 0) is 69.7 Å². The lowest BCUT2D eigenvalue weighted by atomic mass is 10.1. The van der Waals surface area contributed by atoms with Crippen LogP contribution in [-0.4, -0.2) is 36.8 Å². The Labute approximate surface area is 242 Å². The summed E-state index contributed by atoms with van der Waals surface area (Å²) >= 11 is 0. The van der Waals surface area contributed by atoms with Crippen LogP contribution in [0.3, 0.4) is 0 Å². The normalized spacial score (nSPS) is 11.8. The number of ether oxygens (including phenoxy) is 4. The Bertz CT molecular complexity index is 1650. The number of carbonyl (C=O) groups excluding carboxylic acids is 3. The molecule has 10 heteroatoms. The van der Waals surface area contributed by atoms with Crippen molar-refractivity contribution in [3.05, 3.63) is 99.9 Å². The number of hydrogen-bond acceptors (Lipinski definition) is 9. The van der Waals surface area contributed by atoms with Gasteiger partial charge in [-0.1, -0.05) is 30.3 Å². The van der Waals surface area contributed by atoms with Crippen LogP contribution in [0.1, 0.15) is 42.5 Å². The largest absolute Gasteiger partial charge is 0.465 e. The fourth-order valence-corrected chi connectivity index (χ4v) is 4.02. The number of carbonyl (C=O) groups is 3. The van der Waals surface area contributed by atoms with E-state index in [2.05, 4.69) is 10.1 Å². The summed E-state index contributed by atoms with van der Waals surface area (Å²) in [7, 11) is 1.28. The predicted molar refractivity (Wildman–Crippen MR) is 154 cm³/mol. The van der Waals surface area contributed by atoms with Crippen molar-refractivity contribution in [2.24, 2.45) is 0 Å². The third-order valence-corrected chi connectivity index (χ3v) is 5.96. The number of nitrogens with one attached hydrogen (secondary N) is 1. The third kappa shape index (κ3) is 7.54. The Hall–Kier alpha value is -5.12. The number of fused-ring (bicyclic) bond motifs is 1. The standard InChI is InChI=1S/C32H31NO9/c1-19-28(40-22-13-11-21(12-14-22)29(35)38-5)27(34)24-16-15-23(18-26(24)39-19)41-30(36)25(17-20-9-7-6-8-10-20)33-31(37)42-32(2,3)4/h6-16,18,25H,17H2,1-5H3,(H,33,37)/t25-/m1/s1. The Morgan fingerprint density at radius 2 is 1.60 bits per heavy atom. The average Bonchev–Trinajstić information content (AvgIpc) is 2.94. The van der Waals surface area contributed by atoms with Crippen LogP contribution in [0.5, 0.6) is 17.2 Å². The van der Waals surface area contributed by atoms with E-state index in [0.29, 0.717) is 11.3 Å². The van der Waals surface area contributed by atoms with E-state index in [-0.39, 0.29) is 34.6 Å². The van der Waals surface area contributed by atoms with Crippen molar-refractivity contribution in [1.29, 1.82) is 0 Å². The summed E-state index contributed by atoms with van der Waals surface area (Å²) in [5.41, 5.74) is 0.131. The molecule has 42 heavy (non-hydrogen) atoms. The van der Waals surface area contributed by atoms with Gasteiger partial charge >= 0.3 is 18.0 Å². The van der Waals surface area contributed by atoms with E-state index in [1.54, 1.807) is 27.7 Å². The van der Waals surface area contributed by atoms with Crippen LogP contribution in [0, 0.1) is 6.92 Å². The van der Waals surface area contributed by atoms with Crippen LogP contribution in [-0.2, 0) is 20.7 Å². The summed E-state index contributed by atoms with van der Waals surface area (Å²) in [6, 6.07) is 18.6. The van der Waals surface area contributed by atoms with Crippen molar-refractivity contribution in [3.63, 3.8) is 0 Å². The molecule has 0 saturated carbocycles. The molecule has 0 aliphatic rings. The van der Waals surface area contributed by atoms with Crippen molar-refractivity contribution in [1.82, 2.24) is 5.32 Å². The molecule has 1 heterocycles. The van der Waals surface area contributed by atoms with Gasteiger partial charge in [0, 0.05) is 12.5 Å². The molecule has 1 aromatic heterocycles. The zero-order chi connectivity index (χ0) is 30.4. The predicted octanol–water partition coefficient (Wildman–Crippen LogP) is 5.72. The topological polar surface area (TPSA) is 130 Å². The van der Waals surface area contributed by atoms with Gasteiger partial charge in [-0.25, -0.2) is 14.4 Å². The second-order valence-corrected chi connectivity index (χ2v) is 10.4. The molecule has 0 aliphatic carbocycles. The zero-order valence-electron chi connectivity index (χ0n) is 23.9. The number of benzene rings is 3. The summed E-state index contributed by atoms with van der Waals surface area (Å²) in [5.74, 6) is -0.606. The second-order valence-electron chi connectivity index (χ2n) is 10.4. The van der Waals surface area contributed by atoms with E-state index in [1.165, 1.54) is 49.6 Å². The Morgan fingerprint density at radius 3 is 2.24 bits per heavy atom. The number of rotatable bonds is 8. The first-order chi connectivity index (χ1) is 19.9. The van der Waals surface area contributed by atoms with E-state index in [9.17, 15) is 19.2 Å². The van der Waals surface area contributed by atoms with Gasteiger partial charge < -0.3 is 28.7 Å². The molecule has 0 fully saturated rings. The van der Waals surface area contributed by atoms with Crippen molar-refractivity contribution in [2.45, 2.75) is 45.8 Å². The molecule has 10 nitrogen and oxygen atoms in total. The van der Waals surface area contributed by atoms with Gasteiger partial charge in [0.15, 0.2) is 0 Å². The molecule has 0 unspecified atom stereocenters. The fourth-order valence-electron chi connectivity index (χ4n) is 4.02. The fraction of sp³-hybridized carbons (Fsp3) is 0.250. The van der Waals surface area contributed by atoms with Gasteiger partial charge in [0.2, 0.25) is 11.2 Å². The minimum absolute atomic E-state index is 0.0254. The van der Waals surface area contributed by atoms with E-state index in [4.69, 9.17) is 18.6 Å². The van der Waals surface area contributed by atoms with Gasteiger partial charge in [0.25, 0.3) is 0 Å². The molecule has 0 aliphatic heterocycles. The molecule has 1 atom stereocenters. The maximum atomic E-state index is 13.2. The number of methoxy groups -OCH3 is 1. The SMILES string of the molecule is COC(=O)c1ccc(Oc2c(C)oc3cc(OC(=O)[C@@H](Cc4ccccc4)NC(=O)OC(C)(C)C)ccc3c2=O)cc1. The van der Waals surface area contributed by atoms with Gasteiger partial charge in [0.1, 0.15) is 34.5 Å². The molecule has 218 valence electrons. The number of hydrogen-bond donors (Lipinski definition) is 1. The summed E-state index contributed by atoms with van der Waals surface area (Å²) in [6.07, 6.45) is -0.588.